The first-order valence-corrected chi connectivity index (χ1v) is 19.8. The summed E-state index contributed by atoms with van der Waals surface area (Å²) in [7, 11) is 0. The van der Waals surface area contributed by atoms with Crippen molar-refractivity contribution in [3.05, 3.63) is 59.0 Å². The van der Waals surface area contributed by atoms with Crippen LogP contribution in [0.5, 0.6) is 0 Å². The second-order valence-electron chi connectivity index (χ2n) is 15.6. The van der Waals surface area contributed by atoms with Gasteiger partial charge in [-0.1, -0.05) is 0 Å². The zero-order valence-corrected chi connectivity index (χ0v) is 32.9. The molecule has 1 spiro atoms. The molecule has 342 valence electrons. The van der Waals surface area contributed by atoms with Crippen molar-refractivity contribution in [1.82, 2.24) is 10.6 Å². The average molecular weight is 909 g/mol. The van der Waals surface area contributed by atoms with Crippen molar-refractivity contribution in [3.63, 3.8) is 0 Å². The number of furan rings is 2. The smallest absolute Gasteiger partial charge is 0.416 e. The van der Waals surface area contributed by atoms with Crippen LogP contribution in [-0.4, -0.2) is 113 Å². The molecule has 2 aromatic heterocycles. The van der Waals surface area contributed by atoms with E-state index < -0.39 is 84.6 Å². The summed E-state index contributed by atoms with van der Waals surface area (Å²) < 4.78 is 173. The lowest BCUT2D eigenvalue weighted by atomic mass is 9.97. The Hall–Kier alpha value is -5.13. The van der Waals surface area contributed by atoms with Gasteiger partial charge in [0.1, 0.15) is 29.2 Å². The molecule has 2 atom stereocenters. The predicted molar refractivity (Wildman–Crippen MR) is 199 cm³/mol. The van der Waals surface area contributed by atoms with Crippen molar-refractivity contribution >= 4 is 50.9 Å². The van der Waals surface area contributed by atoms with E-state index in [2.05, 4.69) is 10.6 Å². The van der Waals surface area contributed by atoms with Crippen molar-refractivity contribution < 1.29 is 86.1 Å². The Bertz CT molecular complexity index is 2390. The van der Waals surface area contributed by atoms with Crippen molar-refractivity contribution in [2.24, 2.45) is 0 Å². The van der Waals surface area contributed by atoms with Crippen LogP contribution in [0.4, 0.5) is 55.3 Å². The molecule has 5 aliphatic heterocycles. The van der Waals surface area contributed by atoms with E-state index >= 15 is 8.78 Å². The minimum atomic E-state index is -4.66. The summed E-state index contributed by atoms with van der Waals surface area (Å²) >= 11 is 0. The lowest BCUT2D eigenvalue weighted by Crippen LogP contribution is -2.53. The molecule has 0 saturated carbocycles. The van der Waals surface area contributed by atoms with E-state index in [1.165, 1.54) is 4.90 Å². The average Bonchev–Trinajstić information content (AvgIpc) is 3.89. The van der Waals surface area contributed by atoms with Crippen molar-refractivity contribution in [2.45, 2.75) is 67.9 Å². The molecule has 23 heteroatoms. The SMILES string of the molecule is O=C1CCOC(C(F)(F)CN2CCNC(=O)c3oc4ccc(C(F)(F)F)cc4c32)C1.O=C1NCCN(CC(F)(F)C2CC3(CCO2)OCCO3)c2c1oc1ccc(C(F)(F)F)cc21. The fourth-order valence-corrected chi connectivity index (χ4v) is 8.26. The second-order valence-corrected chi connectivity index (χ2v) is 15.6. The molecule has 0 bridgehead atoms. The highest BCUT2D eigenvalue weighted by Gasteiger charge is 2.53. The van der Waals surface area contributed by atoms with Crippen LogP contribution in [0.2, 0.25) is 0 Å². The third kappa shape index (κ3) is 9.01. The van der Waals surface area contributed by atoms with Gasteiger partial charge in [-0.05, 0) is 36.4 Å². The summed E-state index contributed by atoms with van der Waals surface area (Å²) in [6.45, 7) is -1.44. The summed E-state index contributed by atoms with van der Waals surface area (Å²) in [5.41, 5.74) is -2.21. The number of anilines is 2. The Morgan fingerprint density at radius 1 is 0.635 bits per heavy atom. The van der Waals surface area contributed by atoms with E-state index in [0.717, 1.165) is 41.3 Å². The number of carbonyl (C=O) groups excluding carboxylic acids is 3. The van der Waals surface area contributed by atoms with E-state index in [1.54, 1.807) is 0 Å². The molecule has 0 radical (unpaired) electrons. The number of carbonyl (C=O) groups is 3. The molecule has 2 amide bonds. The number of alkyl halides is 10. The van der Waals surface area contributed by atoms with E-state index in [1.807, 2.05) is 0 Å². The quantitative estimate of drug-likeness (QED) is 0.194. The van der Waals surface area contributed by atoms with Crippen molar-refractivity contribution in [1.29, 1.82) is 0 Å². The van der Waals surface area contributed by atoms with Gasteiger partial charge in [-0.25, -0.2) is 17.6 Å². The van der Waals surface area contributed by atoms with Gasteiger partial charge in [0, 0.05) is 62.6 Å². The third-order valence-electron chi connectivity index (χ3n) is 11.3. The Labute approximate surface area is 349 Å². The summed E-state index contributed by atoms with van der Waals surface area (Å²) in [5, 5.41) is 4.86. The van der Waals surface area contributed by atoms with Gasteiger partial charge in [0.15, 0.2) is 5.79 Å². The van der Waals surface area contributed by atoms with Gasteiger partial charge in [0.05, 0.1) is 62.0 Å². The maximum Gasteiger partial charge on any atom is 0.416 e. The normalized spacial score (nSPS) is 22.3. The van der Waals surface area contributed by atoms with Gasteiger partial charge >= 0.3 is 12.4 Å². The monoisotopic (exact) mass is 908 g/mol. The van der Waals surface area contributed by atoms with Gasteiger partial charge in [-0.3, -0.25) is 14.4 Å². The number of hydrogen-bond donors (Lipinski definition) is 2. The van der Waals surface area contributed by atoms with Gasteiger partial charge in [-0.15, -0.1) is 0 Å². The van der Waals surface area contributed by atoms with Crippen molar-refractivity contribution in [3.8, 4) is 0 Å². The number of ether oxygens (including phenoxy) is 4. The first-order chi connectivity index (χ1) is 29.6. The van der Waals surface area contributed by atoms with E-state index in [0.29, 0.717) is 19.6 Å². The zero-order chi connectivity index (χ0) is 45.1. The van der Waals surface area contributed by atoms with Crippen LogP contribution in [-0.2, 0) is 36.1 Å². The first kappa shape index (κ1) is 44.5. The minimum Gasteiger partial charge on any atom is -0.449 e. The highest BCUT2D eigenvalue weighted by atomic mass is 19.4. The maximum atomic E-state index is 15.4. The summed E-state index contributed by atoms with van der Waals surface area (Å²) in [4.78, 5) is 38.6. The predicted octanol–water partition coefficient (Wildman–Crippen LogP) is 6.94. The van der Waals surface area contributed by atoms with Crippen molar-refractivity contribution in [2.75, 3.05) is 75.5 Å². The molecule has 3 fully saturated rings. The molecule has 4 aromatic rings. The highest BCUT2D eigenvalue weighted by molar-refractivity contribution is 6.08. The fraction of sp³-hybridized carbons (Fsp3) is 0.525. The zero-order valence-electron chi connectivity index (χ0n) is 32.9. The van der Waals surface area contributed by atoms with Crippen LogP contribution >= 0.6 is 0 Å². The molecule has 3 saturated heterocycles. The number of fused-ring (bicyclic) bond motifs is 6. The number of rotatable bonds is 6. The molecular formula is C40H38F10N4O9. The van der Waals surface area contributed by atoms with Crippen LogP contribution in [0.1, 0.15) is 57.9 Å². The van der Waals surface area contributed by atoms with E-state index in [-0.39, 0.29) is 103 Å². The van der Waals surface area contributed by atoms with E-state index in [4.69, 9.17) is 27.8 Å². The molecule has 2 N–H and O–H groups in total. The molecule has 7 heterocycles. The van der Waals surface area contributed by atoms with Crippen LogP contribution in [0, 0.1) is 0 Å². The summed E-state index contributed by atoms with van der Waals surface area (Å²) in [5.74, 6) is -10.4. The molecular weight excluding hydrogens is 870 g/mol. The summed E-state index contributed by atoms with van der Waals surface area (Å²) in [6, 6.07) is 5.34. The lowest BCUT2D eigenvalue weighted by molar-refractivity contribution is -0.255. The Morgan fingerprint density at radius 2 is 1.11 bits per heavy atom. The first-order valence-electron chi connectivity index (χ1n) is 19.8. The van der Waals surface area contributed by atoms with Gasteiger partial charge in [0.2, 0.25) is 11.5 Å². The number of Topliss-reactive ketones (excluding diaryl/α,β-unsaturated/α-hetero) is 1. The molecule has 2 unspecified atom stereocenters. The number of hydrogen-bond acceptors (Lipinski definition) is 11. The number of benzene rings is 2. The highest BCUT2D eigenvalue weighted by Crippen LogP contribution is 2.44. The second kappa shape index (κ2) is 16.5. The molecule has 5 aliphatic rings. The fourth-order valence-electron chi connectivity index (χ4n) is 8.26. The lowest BCUT2D eigenvalue weighted by Gasteiger charge is -2.40. The Balaban J connectivity index is 0.000000174. The molecule has 2 aromatic carbocycles. The molecule has 9 rings (SSSR count). The Kier molecular flexibility index (Phi) is 11.6. The largest absolute Gasteiger partial charge is 0.449 e. The Morgan fingerprint density at radius 3 is 1.59 bits per heavy atom. The van der Waals surface area contributed by atoms with Crippen LogP contribution < -0.4 is 20.4 Å². The van der Waals surface area contributed by atoms with Crippen LogP contribution in [0.25, 0.3) is 21.9 Å². The number of nitrogens with one attached hydrogen (secondary N) is 2. The molecule has 13 nitrogen and oxygen atoms in total. The molecule has 63 heavy (non-hydrogen) atoms. The number of halogens is 10. The van der Waals surface area contributed by atoms with Crippen LogP contribution in [0.3, 0.4) is 0 Å². The summed E-state index contributed by atoms with van der Waals surface area (Å²) in [6.07, 6.45) is -12.7. The maximum absolute atomic E-state index is 15.4. The van der Waals surface area contributed by atoms with Gasteiger partial charge < -0.3 is 48.2 Å². The molecule has 0 aliphatic carbocycles. The number of nitrogens with zero attached hydrogens (tertiary/aromatic N) is 2. The number of amides is 2. The van der Waals surface area contributed by atoms with Gasteiger partial charge in [-0.2, -0.15) is 26.3 Å². The van der Waals surface area contributed by atoms with Crippen LogP contribution in [0.15, 0.2) is 45.2 Å². The minimum absolute atomic E-state index is 0.000934. The third-order valence-corrected chi connectivity index (χ3v) is 11.3. The van der Waals surface area contributed by atoms with Gasteiger partial charge in [0.25, 0.3) is 23.7 Å². The standard InChI is InChI=1S/C21H21F5N2O5.C19H17F5N2O4/c22-20(23,15-10-19(3-6-30-15)31-7-8-32-19)11-28-5-4-27-18(29)17-16(28)13-9-12(21(24,25)26)1-2-14(13)33-17;20-18(21,14-8-11(27)3-6-29-14)9-26-5-4-25-17(28)16-15(26)12-7-10(19(22,23)24)1-2-13(12)30-16/h1-2,9,15H,3-8,10-11H2,(H,27,29);1-2,7,14H,3-6,8-9H2,(H,25,28). The topological polar surface area (TPSA) is 145 Å². The number of ketones is 1. The van der Waals surface area contributed by atoms with E-state index in [9.17, 15) is 49.5 Å².